The van der Waals surface area contributed by atoms with Gasteiger partial charge in [-0.2, -0.15) is 13.2 Å². The van der Waals surface area contributed by atoms with Crippen LogP contribution in [-0.4, -0.2) is 28.9 Å². The molecule has 0 fully saturated rings. The van der Waals surface area contributed by atoms with Gasteiger partial charge in [0.15, 0.2) is 5.69 Å². The normalized spacial score (nSPS) is 14.2. The second-order valence-electron chi connectivity index (χ2n) is 4.73. The summed E-state index contributed by atoms with van der Waals surface area (Å²) in [5.74, 6) is -0.268. The lowest BCUT2D eigenvalue weighted by Gasteiger charge is -2.23. The van der Waals surface area contributed by atoms with Crippen molar-refractivity contribution in [1.29, 1.82) is 0 Å². The molecule has 1 amide bonds. The van der Waals surface area contributed by atoms with E-state index in [-0.39, 0.29) is 35.8 Å². The van der Waals surface area contributed by atoms with E-state index < -0.39 is 17.9 Å². The number of halogens is 4. The number of amides is 1. The number of carbonyl (C=O) groups is 1. The summed E-state index contributed by atoms with van der Waals surface area (Å²) >= 11 is 0.882. The standard InChI is InChI=1S/C12H18F3N3OS.ClH/c1-4-7(2)10(16)11(19)18(3)5-9-17-8(6-20-9)12(13,14)15;/h6-7,10H,4-5,16H2,1-3H3;1H. The zero-order chi connectivity index (χ0) is 15.5. The summed E-state index contributed by atoms with van der Waals surface area (Å²) in [5.41, 5.74) is 4.89. The first kappa shape index (κ1) is 20.1. The molecule has 2 atom stereocenters. The number of rotatable bonds is 5. The Labute approximate surface area is 131 Å². The Kier molecular flexibility index (Phi) is 7.63. The molecule has 4 nitrogen and oxygen atoms in total. The summed E-state index contributed by atoms with van der Waals surface area (Å²) in [6, 6.07) is -0.646. The van der Waals surface area contributed by atoms with Gasteiger partial charge in [-0.25, -0.2) is 4.98 Å². The van der Waals surface area contributed by atoms with Crippen LogP contribution in [0, 0.1) is 5.92 Å². The third-order valence-corrected chi connectivity index (χ3v) is 3.97. The molecule has 0 radical (unpaired) electrons. The van der Waals surface area contributed by atoms with Gasteiger partial charge in [0.2, 0.25) is 5.91 Å². The fourth-order valence-corrected chi connectivity index (χ4v) is 2.40. The maximum atomic E-state index is 12.4. The van der Waals surface area contributed by atoms with Gasteiger partial charge in [-0.15, -0.1) is 23.7 Å². The molecular formula is C12H19ClF3N3OS. The second-order valence-corrected chi connectivity index (χ2v) is 5.67. The summed E-state index contributed by atoms with van der Waals surface area (Å²) in [5, 5.41) is 1.19. The number of carbonyl (C=O) groups excluding carboxylic acids is 1. The van der Waals surface area contributed by atoms with E-state index in [1.807, 2.05) is 13.8 Å². The molecular weight excluding hydrogens is 327 g/mol. The van der Waals surface area contributed by atoms with Gasteiger partial charge in [-0.3, -0.25) is 4.79 Å². The number of hydrogen-bond acceptors (Lipinski definition) is 4. The van der Waals surface area contributed by atoms with E-state index in [0.717, 1.165) is 23.1 Å². The number of aromatic nitrogens is 1. The maximum absolute atomic E-state index is 12.4. The summed E-state index contributed by atoms with van der Waals surface area (Å²) in [4.78, 5) is 16.8. The topological polar surface area (TPSA) is 59.2 Å². The summed E-state index contributed by atoms with van der Waals surface area (Å²) in [6.07, 6.45) is -3.69. The number of nitrogens with two attached hydrogens (primary N) is 1. The minimum absolute atomic E-state index is 0. The molecule has 0 saturated carbocycles. The van der Waals surface area contributed by atoms with Gasteiger partial charge in [0.25, 0.3) is 0 Å². The fraction of sp³-hybridized carbons (Fsp3) is 0.667. The van der Waals surface area contributed by atoms with E-state index in [9.17, 15) is 18.0 Å². The van der Waals surface area contributed by atoms with Crippen LogP contribution in [0.3, 0.4) is 0 Å². The van der Waals surface area contributed by atoms with Gasteiger partial charge >= 0.3 is 6.18 Å². The highest BCUT2D eigenvalue weighted by Crippen LogP contribution is 2.30. The number of thiazole rings is 1. The van der Waals surface area contributed by atoms with Crippen molar-refractivity contribution in [1.82, 2.24) is 9.88 Å². The molecule has 0 aromatic carbocycles. The van der Waals surface area contributed by atoms with Crippen molar-refractivity contribution in [2.45, 2.75) is 39.0 Å². The van der Waals surface area contributed by atoms with Crippen LogP contribution in [0.4, 0.5) is 13.2 Å². The Morgan fingerprint density at radius 1 is 1.52 bits per heavy atom. The largest absolute Gasteiger partial charge is 0.434 e. The first-order valence-electron chi connectivity index (χ1n) is 6.19. The third kappa shape index (κ3) is 5.44. The Bertz CT molecular complexity index is 467. The molecule has 0 aliphatic heterocycles. The van der Waals surface area contributed by atoms with Crippen LogP contribution < -0.4 is 5.73 Å². The van der Waals surface area contributed by atoms with Crippen molar-refractivity contribution in [2.75, 3.05) is 7.05 Å². The fourth-order valence-electron chi connectivity index (χ4n) is 1.55. The molecule has 1 aromatic heterocycles. The first-order valence-corrected chi connectivity index (χ1v) is 7.07. The molecule has 2 N–H and O–H groups in total. The van der Waals surface area contributed by atoms with Crippen LogP contribution >= 0.6 is 23.7 Å². The monoisotopic (exact) mass is 345 g/mol. The van der Waals surface area contributed by atoms with Crippen molar-refractivity contribution in [2.24, 2.45) is 11.7 Å². The summed E-state index contributed by atoms with van der Waals surface area (Å²) in [7, 11) is 1.51. The predicted molar refractivity (Wildman–Crippen MR) is 78.3 cm³/mol. The molecule has 1 aromatic rings. The Morgan fingerprint density at radius 3 is 2.52 bits per heavy atom. The summed E-state index contributed by atoms with van der Waals surface area (Å²) < 4.78 is 37.3. The molecule has 1 heterocycles. The van der Waals surface area contributed by atoms with Crippen LogP contribution in [0.5, 0.6) is 0 Å². The van der Waals surface area contributed by atoms with Crippen LogP contribution in [-0.2, 0) is 17.5 Å². The van der Waals surface area contributed by atoms with Crippen LogP contribution in [0.25, 0.3) is 0 Å². The van der Waals surface area contributed by atoms with Crippen LogP contribution in [0.1, 0.15) is 31.0 Å². The molecule has 2 unspecified atom stereocenters. The molecule has 0 aliphatic rings. The predicted octanol–water partition coefficient (Wildman–Crippen LogP) is 2.92. The number of hydrogen-bond donors (Lipinski definition) is 1. The van der Waals surface area contributed by atoms with Crippen molar-refractivity contribution in [3.05, 3.63) is 16.1 Å². The van der Waals surface area contributed by atoms with E-state index >= 15 is 0 Å². The maximum Gasteiger partial charge on any atom is 0.434 e. The molecule has 0 spiro atoms. The average Bonchev–Trinajstić information content (AvgIpc) is 2.84. The molecule has 21 heavy (non-hydrogen) atoms. The molecule has 0 aliphatic carbocycles. The van der Waals surface area contributed by atoms with E-state index in [0.29, 0.717) is 0 Å². The molecule has 122 valence electrons. The van der Waals surface area contributed by atoms with Crippen molar-refractivity contribution in [3.63, 3.8) is 0 Å². The lowest BCUT2D eigenvalue weighted by molar-refractivity contribution is -0.140. The van der Waals surface area contributed by atoms with Crippen molar-refractivity contribution < 1.29 is 18.0 Å². The Morgan fingerprint density at radius 2 is 2.10 bits per heavy atom. The van der Waals surface area contributed by atoms with E-state index in [1.54, 1.807) is 0 Å². The highest BCUT2D eigenvalue weighted by molar-refractivity contribution is 7.09. The van der Waals surface area contributed by atoms with Gasteiger partial charge < -0.3 is 10.6 Å². The number of alkyl halides is 3. The average molecular weight is 346 g/mol. The Balaban J connectivity index is 0.00000400. The molecule has 9 heteroatoms. The lowest BCUT2D eigenvalue weighted by Crippen LogP contribution is -2.45. The van der Waals surface area contributed by atoms with Gasteiger partial charge in [-0.05, 0) is 5.92 Å². The van der Waals surface area contributed by atoms with Gasteiger partial charge in [0.1, 0.15) is 5.01 Å². The minimum atomic E-state index is -4.45. The van der Waals surface area contributed by atoms with Crippen LogP contribution in [0.2, 0.25) is 0 Å². The van der Waals surface area contributed by atoms with Gasteiger partial charge in [0, 0.05) is 12.4 Å². The highest BCUT2D eigenvalue weighted by atomic mass is 35.5. The minimum Gasteiger partial charge on any atom is -0.338 e. The quantitative estimate of drug-likeness (QED) is 0.892. The molecule has 0 bridgehead atoms. The Hall–Kier alpha value is -0.860. The van der Waals surface area contributed by atoms with E-state index in [2.05, 4.69) is 4.98 Å². The SMILES string of the molecule is CCC(C)C(N)C(=O)N(C)Cc1nc(C(F)(F)F)cs1.Cl. The molecule has 1 rings (SSSR count). The smallest absolute Gasteiger partial charge is 0.338 e. The summed E-state index contributed by atoms with van der Waals surface area (Å²) in [6.45, 7) is 3.82. The van der Waals surface area contributed by atoms with Crippen molar-refractivity contribution in [3.8, 4) is 0 Å². The van der Waals surface area contributed by atoms with Gasteiger partial charge in [0.05, 0.1) is 12.6 Å². The zero-order valence-corrected chi connectivity index (χ0v) is 13.6. The third-order valence-electron chi connectivity index (χ3n) is 3.13. The highest BCUT2D eigenvalue weighted by Gasteiger charge is 2.34. The second kappa shape index (κ2) is 7.95. The number of likely N-dealkylation sites (N-methyl/N-ethyl adjacent to an activating group) is 1. The first-order chi connectivity index (χ1) is 9.16. The van der Waals surface area contributed by atoms with Crippen molar-refractivity contribution >= 4 is 29.7 Å². The van der Waals surface area contributed by atoms with Crippen LogP contribution in [0.15, 0.2) is 5.38 Å². The lowest BCUT2D eigenvalue weighted by atomic mass is 9.99. The zero-order valence-electron chi connectivity index (χ0n) is 12.0. The number of nitrogens with zero attached hydrogens (tertiary/aromatic N) is 2. The molecule has 0 saturated heterocycles. The van der Waals surface area contributed by atoms with E-state index in [4.69, 9.17) is 5.73 Å². The van der Waals surface area contributed by atoms with E-state index in [1.165, 1.54) is 11.9 Å². The van der Waals surface area contributed by atoms with Gasteiger partial charge in [-0.1, -0.05) is 20.3 Å².